The largest absolute Gasteiger partial charge is 0.306 e. The molecule has 2 aromatic carbocycles. The van der Waals surface area contributed by atoms with Crippen LogP contribution >= 0.6 is 11.8 Å². The van der Waals surface area contributed by atoms with E-state index in [-0.39, 0.29) is 11.3 Å². The number of hydrogen-bond acceptors (Lipinski definition) is 2. The highest BCUT2D eigenvalue weighted by Gasteiger charge is 2.24. The van der Waals surface area contributed by atoms with Crippen molar-refractivity contribution in [3.63, 3.8) is 0 Å². The van der Waals surface area contributed by atoms with Crippen LogP contribution in [0.2, 0.25) is 0 Å². The molecule has 0 aromatic heterocycles. The maximum atomic E-state index is 12.3. The van der Waals surface area contributed by atoms with Crippen LogP contribution in [0.1, 0.15) is 31.9 Å². The summed E-state index contributed by atoms with van der Waals surface area (Å²) < 4.78 is 0. The van der Waals surface area contributed by atoms with Gasteiger partial charge in [0, 0.05) is 4.90 Å². The van der Waals surface area contributed by atoms with Crippen LogP contribution in [0.25, 0.3) is 0 Å². The summed E-state index contributed by atoms with van der Waals surface area (Å²) in [5.41, 5.74) is 3.67. The van der Waals surface area contributed by atoms with Gasteiger partial charge in [0.1, 0.15) is 0 Å². The number of amides is 1. The molecular weight excluding hydrogens is 290 g/mol. The number of hydrogen-bond donors (Lipinski definition) is 0. The lowest BCUT2D eigenvalue weighted by Gasteiger charge is -2.29. The van der Waals surface area contributed by atoms with Gasteiger partial charge in [0.15, 0.2) is 0 Å². The number of thioether (sulfide) groups is 1. The van der Waals surface area contributed by atoms with Gasteiger partial charge in [0.2, 0.25) is 5.91 Å². The van der Waals surface area contributed by atoms with Crippen LogP contribution < -0.4 is 4.90 Å². The minimum Gasteiger partial charge on any atom is -0.306 e. The zero-order valence-corrected chi connectivity index (χ0v) is 14.1. The number of fused-ring (bicyclic) bond motifs is 1. The first-order valence-electron chi connectivity index (χ1n) is 7.57. The van der Waals surface area contributed by atoms with Gasteiger partial charge in [-0.05, 0) is 28.7 Å². The first-order valence-corrected chi connectivity index (χ1v) is 8.55. The SMILES string of the molecule is CC(C)(C)c1ccc(CN2C(=O)CSc3ccccc32)cc1. The lowest BCUT2D eigenvalue weighted by molar-refractivity contribution is -0.116. The molecular formula is C19H21NOS. The molecule has 0 radical (unpaired) electrons. The number of para-hydroxylation sites is 1. The van der Waals surface area contributed by atoms with E-state index >= 15 is 0 Å². The highest BCUT2D eigenvalue weighted by molar-refractivity contribution is 8.00. The summed E-state index contributed by atoms with van der Waals surface area (Å²) in [6.07, 6.45) is 0. The van der Waals surface area contributed by atoms with E-state index in [1.165, 1.54) is 16.0 Å². The molecule has 3 rings (SSSR count). The molecule has 0 N–H and O–H groups in total. The number of benzene rings is 2. The molecule has 0 spiro atoms. The summed E-state index contributed by atoms with van der Waals surface area (Å²) in [7, 11) is 0. The van der Waals surface area contributed by atoms with E-state index in [2.05, 4.69) is 51.1 Å². The van der Waals surface area contributed by atoms with Crippen LogP contribution in [-0.2, 0) is 16.8 Å². The molecule has 0 saturated carbocycles. The fourth-order valence-corrected chi connectivity index (χ4v) is 3.56. The van der Waals surface area contributed by atoms with Crippen molar-refractivity contribution in [2.24, 2.45) is 0 Å². The number of carbonyl (C=O) groups is 1. The minimum absolute atomic E-state index is 0.155. The third-order valence-electron chi connectivity index (χ3n) is 3.97. The molecule has 0 saturated heterocycles. The van der Waals surface area contributed by atoms with Crippen molar-refractivity contribution < 1.29 is 4.79 Å². The molecule has 1 amide bonds. The van der Waals surface area contributed by atoms with E-state index in [9.17, 15) is 4.79 Å². The van der Waals surface area contributed by atoms with Crippen LogP contribution in [0.15, 0.2) is 53.4 Å². The molecule has 1 heterocycles. The third-order valence-corrected chi connectivity index (χ3v) is 5.02. The van der Waals surface area contributed by atoms with Gasteiger partial charge in [0.25, 0.3) is 0 Å². The monoisotopic (exact) mass is 311 g/mol. The first kappa shape index (κ1) is 15.2. The standard InChI is InChI=1S/C19H21NOS/c1-19(2,3)15-10-8-14(9-11-15)12-20-16-6-4-5-7-17(16)22-13-18(20)21/h4-11H,12-13H2,1-3H3. The predicted octanol–water partition coefficient (Wildman–Crippen LogP) is 4.62. The zero-order valence-electron chi connectivity index (χ0n) is 13.3. The Hall–Kier alpha value is -1.74. The topological polar surface area (TPSA) is 20.3 Å². The summed E-state index contributed by atoms with van der Waals surface area (Å²) in [4.78, 5) is 15.4. The molecule has 0 bridgehead atoms. The highest BCUT2D eigenvalue weighted by Crippen LogP contribution is 2.35. The molecule has 0 fully saturated rings. The lowest BCUT2D eigenvalue weighted by Crippen LogP contribution is -2.34. The van der Waals surface area contributed by atoms with Gasteiger partial charge >= 0.3 is 0 Å². The molecule has 0 aliphatic carbocycles. The Morgan fingerprint density at radius 3 is 2.41 bits per heavy atom. The molecule has 1 aliphatic rings. The van der Waals surface area contributed by atoms with Crippen LogP contribution in [0, 0.1) is 0 Å². The normalized spacial score (nSPS) is 14.9. The van der Waals surface area contributed by atoms with Crippen molar-refractivity contribution >= 4 is 23.4 Å². The molecule has 3 heteroatoms. The van der Waals surface area contributed by atoms with Crippen molar-refractivity contribution in [1.82, 2.24) is 0 Å². The Morgan fingerprint density at radius 2 is 1.73 bits per heavy atom. The molecule has 22 heavy (non-hydrogen) atoms. The van der Waals surface area contributed by atoms with Gasteiger partial charge in [0.05, 0.1) is 18.0 Å². The van der Waals surface area contributed by atoms with E-state index in [0.29, 0.717) is 12.3 Å². The fraction of sp³-hybridized carbons (Fsp3) is 0.316. The number of rotatable bonds is 2. The maximum Gasteiger partial charge on any atom is 0.237 e. The predicted molar refractivity (Wildman–Crippen MR) is 93.5 cm³/mol. The number of nitrogens with zero attached hydrogens (tertiary/aromatic N) is 1. The Bertz CT molecular complexity index is 685. The van der Waals surface area contributed by atoms with Gasteiger partial charge < -0.3 is 4.90 Å². The van der Waals surface area contributed by atoms with Crippen LogP contribution in [0.3, 0.4) is 0 Å². The summed E-state index contributed by atoms with van der Waals surface area (Å²) >= 11 is 1.63. The van der Waals surface area contributed by atoms with Gasteiger partial charge in [-0.15, -0.1) is 11.8 Å². The van der Waals surface area contributed by atoms with Gasteiger partial charge in [-0.1, -0.05) is 57.2 Å². The van der Waals surface area contributed by atoms with Gasteiger partial charge in [-0.25, -0.2) is 0 Å². The minimum atomic E-state index is 0.155. The summed E-state index contributed by atoms with van der Waals surface area (Å²) in [6, 6.07) is 16.8. The van der Waals surface area contributed by atoms with Crippen molar-refractivity contribution in [2.45, 2.75) is 37.6 Å². The van der Waals surface area contributed by atoms with E-state index in [4.69, 9.17) is 0 Å². The van der Waals surface area contributed by atoms with Gasteiger partial charge in [-0.2, -0.15) is 0 Å². The average molecular weight is 311 g/mol. The van der Waals surface area contributed by atoms with E-state index < -0.39 is 0 Å². The number of carbonyl (C=O) groups excluding carboxylic acids is 1. The Balaban J connectivity index is 1.85. The molecule has 114 valence electrons. The second kappa shape index (κ2) is 5.81. The maximum absolute atomic E-state index is 12.3. The lowest BCUT2D eigenvalue weighted by atomic mass is 9.87. The second-order valence-corrected chi connectivity index (χ2v) is 7.70. The van der Waals surface area contributed by atoms with E-state index in [1.54, 1.807) is 11.8 Å². The quantitative estimate of drug-likeness (QED) is 0.806. The fourth-order valence-electron chi connectivity index (χ4n) is 2.62. The zero-order chi connectivity index (χ0) is 15.7. The molecule has 2 aromatic rings. The summed E-state index contributed by atoms with van der Waals surface area (Å²) in [5.74, 6) is 0.709. The van der Waals surface area contributed by atoms with E-state index in [1.807, 2.05) is 23.1 Å². The van der Waals surface area contributed by atoms with Crippen molar-refractivity contribution in [1.29, 1.82) is 0 Å². The third kappa shape index (κ3) is 3.05. The Morgan fingerprint density at radius 1 is 1.05 bits per heavy atom. The van der Waals surface area contributed by atoms with Crippen LogP contribution in [0.5, 0.6) is 0 Å². The molecule has 0 unspecified atom stereocenters. The Kier molecular flexibility index (Phi) is 4.00. The summed E-state index contributed by atoms with van der Waals surface area (Å²) in [6.45, 7) is 7.28. The second-order valence-electron chi connectivity index (χ2n) is 6.68. The van der Waals surface area contributed by atoms with Crippen LogP contribution in [-0.4, -0.2) is 11.7 Å². The van der Waals surface area contributed by atoms with Crippen molar-refractivity contribution in [2.75, 3.05) is 10.7 Å². The highest BCUT2D eigenvalue weighted by atomic mass is 32.2. The molecule has 0 atom stereocenters. The van der Waals surface area contributed by atoms with Crippen LogP contribution in [0.4, 0.5) is 5.69 Å². The van der Waals surface area contributed by atoms with Gasteiger partial charge in [-0.3, -0.25) is 4.79 Å². The first-order chi connectivity index (χ1) is 10.4. The Labute approximate surface area is 136 Å². The van der Waals surface area contributed by atoms with Crippen molar-refractivity contribution in [3.8, 4) is 0 Å². The average Bonchev–Trinajstić information content (AvgIpc) is 2.50. The van der Waals surface area contributed by atoms with E-state index in [0.717, 1.165) is 5.69 Å². The summed E-state index contributed by atoms with van der Waals surface area (Å²) in [5, 5.41) is 0. The van der Waals surface area contributed by atoms with Crippen molar-refractivity contribution in [3.05, 3.63) is 59.7 Å². The number of anilines is 1. The smallest absolute Gasteiger partial charge is 0.237 e. The molecule has 1 aliphatic heterocycles. The molecule has 2 nitrogen and oxygen atoms in total.